The standard InChI is InChI=1S/C8H15F3N2/c9-8(10,11)7(3-4-7)13-6-2-1-5-12/h13H,1-6,12H2. The van der Waals surface area contributed by atoms with E-state index in [0.29, 0.717) is 19.5 Å². The van der Waals surface area contributed by atoms with Crippen molar-refractivity contribution in [2.75, 3.05) is 13.1 Å². The Balaban J connectivity index is 2.21. The van der Waals surface area contributed by atoms with E-state index in [4.69, 9.17) is 5.73 Å². The molecule has 0 aromatic carbocycles. The van der Waals surface area contributed by atoms with Crippen molar-refractivity contribution < 1.29 is 13.2 Å². The summed E-state index contributed by atoms with van der Waals surface area (Å²) in [6.45, 7) is 0.956. The Hall–Kier alpha value is -0.290. The van der Waals surface area contributed by atoms with E-state index in [2.05, 4.69) is 5.32 Å². The number of nitrogens with one attached hydrogen (secondary N) is 1. The maximum atomic E-state index is 12.3. The van der Waals surface area contributed by atoms with Crippen LogP contribution in [0.3, 0.4) is 0 Å². The van der Waals surface area contributed by atoms with Crippen molar-refractivity contribution in [1.82, 2.24) is 5.32 Å². The Morgan fingerprint density at radius 1 is 1.23 bits per heavy atom. The van der Waals surface area contributed by atoms with Gasteiger partial charge in [-0.2, -0.15) is 13.2 Å². The van der Waals surface area contributed by atoms with E-state index < -0.39 is 11.7 Å². The number of hydrogen-bond donors (Lipinski definition) is 2. The van der Waals surface area contributed by atoms with Gasteiger partial charge in [-0.1, -0.05) is 0 Å². The molecule has 1 fully saturated rings. The van der Waals surface area contributed by atoms with Crippen LogP contribution in [0.25, 0.3) is 0 Å². The maximum Gasteiger partial charge on any atom is 0.406 e. The first-order valence-electron chi connectivity index (χ1n) is 4.54. The highest BCUT2D eigenvalue weighted by Crippen LogP contribution is 2.48. The van der Waals surface area contributed by atoms with Gasteiger partial charge in [0.25, 0.3) is 0 Å². The highest BCUT2D eigenvalue weighted by atomic mass is 19.4. The van der Waals surface area contributed by atoms with E-state index in [1.807, 2.05) is 0 Å². The summed E-state index contributed by atoms with van der Waals surface area (Å²) in [5.41, 5.74) is 3.68. The molecule has 0 atom stereocenters. The monoisotopic (exact) mass is 196 g/mol. The zero-order valence-corrected chi connectivity index (χ0v) is 7.45. The predicted molar refractivity (Wildman–Crippen MR) is 44.3 cm³/mol. The van der Waals surface area contributed by atoms with Crippen LogP contribution in [-0.4, -0.2) is 24.8 Å². The third-order valence-electron chi connectivity index (χ3n) is 2.39. The molecular weight excluding hydrogens is 181 g/mol. The highest BCUT2D eigenvalue weighted by molar-refractivity contribution is 5.07. The van der Waals surface area contributed by atoms with E-state index in [-0.39, 0.29) is 12.8 Å². The summed E-state index contributed by atoms with van der Waals surface area (Å²) in [6.07, 6.45) is -2.15. The molecule has 0 unspecified atom stereocenters. The summed E-state index contributed by atoms with van der Waals surface area (Å²) >= 11 is 0. The minimum absolute atomic E-state index is 0.221. The third-order valence-corrected chi connectivity index (χ3v) is 2.39. The molecule has 0 amide bonds. The molecule has 0 bridgehead atoms. The minimum Gasteiger partial charge on any atom is -0.330 e. The van der Waals surface area contributed by atoms with Crippen molar-refractivity contribution in [3.63, 3.8) is 0 Å². The van der Waals surface area contributed by atoms with Gasteiger partial charge in [0.1, 0.15) is 5.54 Å². The molecule has 1 aliphatic rings. The van der Waals surface area contributed by atoms with E-state index in [1.165, 1.54) is 0 Å². The van der Waals surface area contributed by atoms with Gasteiger partial charge < -0.3 is 11.1 Å². The highest BCUT2D eigenvalue weighted by Gasteiger charge is 2.62. The number of unbranched alkanes of at least 4 members (excludes halogenated alkanes) is 1. The molecule has 0 radical (unpaired) electrons. The van der Waals surface area contributed by atoms with E-state index in [1.54, 1.807) is 0 Å². The van der Waals surface area contributed by atoms with Crippen molar-refractivity contribution in [3.05, 3.63) is 0 Å². The number of hydrogen-bond acceptors (Lipinski definition) is 2. The summed E-state index contributed by atoms with van der Waals surface area (Å²) in [6, 6.07) is 0. The Morgan fingerprint density at radius 3 is 2.23 bits per heavy atom. The number of rotatable bonds is 5. The van der Waals surface area contributed by atoms with Gasteiger partial charge in [0.05, 0.1) is 0 Å². The van der Waals surface area contributed by atoms with Crippen LogP contribution in [0.2, 0.25) is 0 Å². The van der Waals surface area contributed by atoms with Gasteiger partial charge in [-0.15, -0.1) is 0 Å². The number of halogens is 3. The second-order valence-corrected chi connectivity index (χ2v) is 3.50. The van der Waals surface area contributed by atoms with Crippen LogP contribution in [0.5, 0.6) is 0 Å². The van der Waals surface area contributed by atoms with Crippen molar-refractivity contribution in [1.29, 1.82) is 0 Å². The van der Waals surface area contributed by atoms with Gasteiger partial charge in [0.2, 0.25) is 0 Å². The van der Waals surface area contributed by atoms with Gasteiger partial charge >= 0.3 is 6.18 Å². The van der Waals surface area contributed by atoms with Crippen molar-refractivity contribution in [2.24, 2.45) is 5.73 Å². The summed E-state index contributed by atoms with van der Waals surface area (Å²) in [7, 11) is 0. The van der Waals surface area contributed by atoms with Crippen LogP contribution in [0.15, 0.2) is 0 Å². The molecule has 1 saturated carbocycles. The Bertz CT molecular complexity index is 163. The van der Waals surface area contributed by atoms with Gasteiger partial charge in [-0.05, 0) is 38.8 Å². The molecule has 0 heterocycles. The molecule has 1 aliphatic carbocycles. The topological polar surface area (TPSA) is 38.0 Å². The van der Waals surface area contributed by atoms with Crippen LogP contribution in [0, 0.1) is 0 Å². The van der Waals surface area contributed by atoms with Crippen molar-refractivity contribution in [3.8, 4) is 0 Å². The minimum atomic E-state index is -4.09. The fraction of sp³-hybridized carbons (Fsp3) is 1.00. The average molecular weight is 196 g/mol. The number of alkyl halides is 3. The quantitative estimate of drug-likeness (QED) is 0.652. The Kier molecular flexibility index (Phi) is 3.18. The first kappa shape index (κ1) is 10.8. The zero-order chi connectivity index (χ0) is 9.95. The SMILES string of the molecule is NCCCCNC1(C(F)(F)F)CC1. The normalized spacial score (nSPS) is 20.3. The second kappa shape index (κ2) is 3.84. The molecule has 1 rings (SSSR count). The first-order chi connectivity index (χ1) is 6.02. The molecule has 0 saturated heterocycles. The van der Waals surface area contributed by atoms with Crippen molar-refractivity contribution >= 4 is 0 Å². The molecule has 78 valence electrons. The Labute approximate surface area is 75.7 Å². The molecule has 2 nitrogen and oxygen atoms in total. The average Bonchev–Trinajstić information content (AvgIpc) is 2.77. The summed E-state index contributed by atoms with van der Waals surface area (Å²) in [5.74, 6) is 0. The molecule has 13 heavy (non-hydrogen) atoms. The predicted octanol–water partition coefficient (Wildman–Crippen LogP) is 1.41. The lowest BCUT2D eigenvalue weighted by Gasteiger charge is -2.20. The first-order valence-corrected chi connectivity index (χ1v) is 4.54. The summed E-state index contributed by atoms with van der Waals surface area (Å²) in [4.78, 5) is 0. The largest absolute Gasteiger partial charge is 0.406 e. The smallest absolute Gasteiger partial charge is 0.330 e. The third kappa shape index (κ3) is 2.57. The lowest BCUT2D eigenvalue weighted by molar-refractivity contribution is -0.165. The van der Waals surface area contributed by atoms with Gasteiger partial charge in [0, 0.05) is 0 Å². The fourth-order valence-corrected chi connectivity index (χ4v) is 1.28. The van der Waals surface area contributed by atoms with Gasteiger partial charge in [0.15, 0.2) is 0 Å². The lowest BCUT2D eigenvalue weighted by Crippen LogP contribution is -2.45. The summed E-state index contributed by atoms with van der Waals surface area (Å²) in [5, 5.41) is 2.56. The fourth-order valence-electron chi connectivity index (χ4n) is 1.28. The van der Waals surface area contributed by atoms with Crippen molar-refractivity contribution in [2.45, 2.75) is 37.4 Å². The van der Waals surface area contributed by atoms with Crippen LogP contribution >= 0.6 is 0 Å². The molecule has 0 spiro atoms. The van der Waals surface area contributed by atoms with Crippen LogP contribution in [-0.2, 0) is 0 Å². The maximum absolute atomic E-state index is 12.3. The van der Waals surface area contributed by atoms with Gasteiger partial charge in [-0.3, -0.25) is 0 Å². The van der Waals surface area contributed by atoms with Crippen LogP contribution in [0.1, 0.15) is 25.7 Å². The van der Waals surface area contributed by atoms with E-state index in [0.717, 1.165) is 6.42 Å². The summed E-state index contributed by atoms with van der Waals surface area (Å²) < 4.78 is 37.0. The van der Waals surface area contributed by atoms with Crippen LogP contribution in [0.4, 0.5) is 13.2 Å². The molecule has 3 N–H and O–H groups in total. The Morgan fingerprint density at radius 2 is 1.85 bits per heavy atom. The molecule has 5 heteroatoms. The van der Waals surface area contributed by atoms with Gasteiger partial charge in [-0.25, -0.2) is 0 Å². The molecule has 0 aromatic rings. The number of nitrogens with two attached hydrogens (primary N) is 1. The molecular formula is C8H15F3N2. The van der Waals surface area contributed by atoms with E-state index in [9.17, 15) is 13.2 Å². The zero-order valence-electron chi connectivity index (χ0n) is 7.45. The second-order valence-electron chi connectivity index (χ2n) is 3.50. The van der Waals surface area contributed by atoms with Crippen LogP contribution < -0.4 is 11.1 Å². The molecule has 0 aromatic heterocycles. The lowest BCUT2D eigenvalue weighted by atomic mass is 10.2. The van der Waals surface area contributed by atoms with E-state index >= 15 is 0 Å². The molecule has 0 aliphatic heterocycles.